The van der Waals surface area contributed by atoms with E-state index < -0.39 is 11.5 Å². The normalized spacial score (nSPS) is 15.9. The second-order valence-electron chi connectivity index (χ2n) is 7.83. The highest BCUT2D eigenvalue weighted by molar-refractivity contribution is 5.84. The van der Waals surface area contributed by atoms with E-state index in [1.165, 1.54) is 0 Å². The second-order valence-corrected chi connectivity index (χ2v) is 7.83. The molecule has 0 aromatic heterocycles. The Bertz CT molecular complexity index is 392. The molecule has 2 atom stereocenters. The first kappa shape index (κ1) is 21.9. The fourth-order valence-electron chi connectivity index (χ4n) is 2.72. The highest BCUT2D eigenvalue weighted by atomic mass is 16.3. The Balaban J connectivity index is 4.66. The van der Waals surface area contributed by atoms with E-state index in [9.17, 15) is 9.59 Å². The van der Waals surface area contributed by atoms with Crippen LogP contribution in [0, 0.1) is 16.7 Å². The highest BCUT2D eigenvalue weighted by Crippen LogP contribution is 2.46. The van der Waals surface area contributed by atoms with Crippen molar-refractivity contribution in [2.45, 2.75) is 73.8 Å². The SMILES string of the molecule is CCC(C)(C)C(C)(CC(C)C)C(=O)NCCC(=O)NCC(C)O. The van der Waals surface area contributed by atoms with Gasteiger partial charge in [-0.05, 0) is 31.1 Å². The van der Waals surface area contributed by atoms with Crippen molar-refractivity contribution >= 4 is 11.8 Å². The van der Waals surface area contributed by atoms with E-state index in [0.717, 1.165) is 12.8 Å². The van der Waals surface area contributed by atoms with Crippen LogP contribution in [0.4, 0.5) is 0 Å². The third kappa shape index (κ3) is 6.90. The Morgan fingerprint density at radius 3 is 2.09 bits per heavy atom. The number of amides is 2. The van der Waals surface area contributed by atoms with Gasteiger partial charge in [-0.2, -0.15) is 0 Å². The van der Waals surface area contributed by atoms with E-state index in [1.54, 1.807) is 6.92 Å². The molecule has 5 heteroatoms. The Labute approximate surface area is 141 Å². The van der Waals surface area contributed by atoms with Crippen LogP contribution in [0.15, 0.2) is 0 Å². The molecule has 0 rings (SSSR count). The summed E-state index contributed by atoms with van der Waals surface area (Å²) in [6.07, 6.45) is 1.39. The third-order valence-corrected chi connectivity index (χ3v) is 4.93. The van der Waals surface area contributed by atoms with Crippen LogP contribution >= 0.6 is 0 Å². The van der Waals surface area contributed by atoms with Crippen molar-refractivity contribution in [3.05, 3.63) is 0 Å². The Kier molecular flexibility index (Phi) is 8.82. The quantitative estimate of drug-likeness (QED) is 0.576. The molecule has 0 aromatic rings. The minimum absolute atomic E-state index is 0.0152. The van der Waals surface area contributed by atoms with Gasteiger partial charge < -0.3 is 15.7 Å². The lowest BCUT2D eigenvalue weighted by Gasteiger charge is -2.43. The molecule has 5 nitrogen and oxygen atoms in total. The molecule has 0 radical (unpaired) electrons. The summed E-state index contributed by atoms with van der Waals surface area (Å²) in [5.74, 6) is 0.277. The minimum Gasteiger partial charge on any atom is -0.392 e. The molecule has 0 aliphatic carbocycles. The first-order valence-corrected chi connectivity index (χ1v) is 8.69. The third-order valence-electron chi connectivity index (χ3n) is 4.93. The van der Waals surface area contributed by atoms with Crippen molar-refractivity contribution in [2.75, 3.05) is 13.1 Å². The van der Waals surface area contributed by atoms with Gasteiger partial charge in [-0.25, -0.2) is 0 Å². The van der Waals surface area contributed by atoms with E-state index in [-0.39, 0.29) is 30.2 Å². The fraction of sp³-hybridized carbons (Fsp3) is 0.889. The van der Waals surface area contributed by atoms with Crippen molar-refractivity contribution in [1.82, 2.24) is 10.6 Å². The van der Waals surface area contributed by atoms with Gasteiger partial charge in [-0.15, -0.1) is 0 Å². The van der Waals surface area contributed by atoms with Crippen LogP contribution in [0.2, 0.25) is 0 Å². The summed E-state index contributed by atoms with van der Waals surface area (Å²) in [5.41, 5.74) is -0.581. The summed E-state index contributed by atoms with van der Waals surface area (Å²) >= 11 is 0. The standard InChI is InChI=1S/C18H36N2O3/c1-8-17(5,6)18(7,11-13(2)3)16(23)19-10-9-15(22)20-12-14(4)21/h13-14,21H,8-12H2,1-7H3,(H,19,23)(H,20,22). The van der Waals surface area contributed by atoms with E-state index in [0.29, 0.717) is 12.5 Å². The van der Waals surface area contributed by atoms with Gasteiger partial charge in [0.1, 0.15) is 0 Å². The Morgan fingerprint density at radius 2 is 1.65 bits per heavy atom. The van der Waals surface area contributed by atoms with E-state index in [4.69, 9.17) is 5.11 Å². The maximum absolute atomic E-state index is 12.8. The maximum Gasteiger partial charge on any atom is 0.226 e. The summed E-state index contributed by atoms with van der Waals surface area (Å²) < 4.78 is 0. The molecule has 0 saturated heterocycles. The molecule has 0 spiro atoms. The van der Waals surface area contributed by atoms with Gasteiger partial charge in [-0.1, -0.05) is 41.5 Å². The molecule has 0 saturated carbocycles. The number of nitrogens with one attached hydrogen (secondary N) is 2. The number of rotatable bonds is 10. The van der Waals surface area contributed by atoms with Gasteiger partial charge in [0.15, 0.2) is 0 Å². The zero-order valence-electron chi connectivity index (χ0n) is 16.0. The number of aliphatic hydroxyl groups is 1. The van der Waals surface area contributed by atoms with Crippen LogP contribution in [0.5, 0.6) is 0 Å². The zero-order chi connectivity index (χ0) is 18.3. The fourth-order valence-corrected chi connectivity index (χ4v) is 2.72. The van der Waals surface area contributed by atoms with E-state index in [1.807, 2.05) is 6.92 Å². The molecule has 0 aliphatic heterocycles. The number of aliphatic hydroxyl groups excluding tert-OH is 1. The topological polar surface area (TPSA) is 78.4 Å². The smallest absolute Gasteiger partial charge is 0.226 e. The number of carbonyl (C=O) groups is 2. The molecule has 2 unspecified atom stereocenters. The van der Waals surface area contributed by atoms with E-state index in [2.05, 4.69) is 45.3 Å². The van der Waals surface area contributed by atoms with Crippen molar-refractivity contribution < 1.29 is 14.7 Å². The summed E-state index contributed by atoms with van der Waals surface area (Å²) in [6, 6.07) is 0. The molecular formula is C18H36N2O3. The predicted molar refractivity (Wildman–Crippen MR) is 94.0 cm³/mol. The van der Waals surface area contributed by atoms with Gasteiger partial charge in [0.2, 0.25) is 11.8 Å². The van der Waals surface area contributed by atoms with Crippen LogP contribution < -0.4 is 10.6 Å². The van der Waals surface area contributed by atoms with Crippen LogP contribution in [0.3, 0.4) is 0 Å². The summed E-state index contributed by atoms with van der Waals surface area (Å²) in [6.45, 7) is 14.8. The maximum atomic E-state index is 12.8. The summed E-state index contributed by atoms with van der Waals surface area (Å²) in [7, 11) is 0. The van der Waals surface area contributed by atoms with Gasteiger partial charge in [0.25, 0.3) is 0 Å². The molecule has 136 valence electrons. The molecule has 0 heterocycles. The van der Waals surface area contributed by atoms with Gasteiger partial charge in [0, 0.05) is 19.5 Å². The van der Waals surface area contributed by atoms with Gasteiger partial charge >= 0.3 is 0 Å². The molecule has 2 amide bonds. The Morgan fingerprint density at radius 1 is 1.09 bits per heavy atom. The van der Waals surface area contributed by atoms with Crippen molar-refractivity contribution in [3.63, 3.8) is 0 Å². The van der Waals surface area contributed by atoms with Gasteiger partial charge in [-0.3, -0.25) is 9.59 Å². The number of hydrogen-bond donors (Lipinski definition) is 3. The van der Waals surface area contributed by atoms with Crippen molar-refractivity contribution in [3.8, 4) is 0 Å². The number of carbonyl (C=O) groups excluding carboxylic acids is 2. The van der Waals surface area contributed by atoms with Crippen LogP contribution in [-0.2, 0) is 9.59 Å². The van der Waals surface area contributed by atoms with Crippen molar-refractivity contribution in [2.24, 2.45) is 16.7 Å². The Hall–Kier alpha value is -1.10. The average molecular weight is 328 g/mol. The molecular weight excluding hydrogens is 292 g/mol. The second kappa shape index (κ2) is 9.26. The van der Waals surface area contributed by atoms with E-state index >= 15 is 0 Å². The molecule has 0 fully saturated rings. The number of hydrogen-bond acceptors (Lipinski definition) is 3. The highest BCUT2D eigenvalue weighted by Gasteiger charge is 2.45. The molecule has 23 heavy (non-hydrogen) atoms. The molecule has 0 bridgehead atoms. The van der Waals surface area contributed by atoms with Crippen molar-refractivity contribution in [1.29, 1.82) is 0 Å². The summed E-state index contributed by atoms with van der Waals surface area (Å²) in [5, 5.41) is 14.7. The first-order valence-electron chi connectivity index (χ1n) is 8.69. The lowest BCUT2D eigenvalue weighted by molar-refractivity contribution is -0.138. The first-order chi connectivity index (χ1) is 10.5. The van der Waals surface area contributed by atoms with Gasteiger partial charge in [0.05, 0.1) is 11.5 Å². The lowest BCUT2D eigenvalue weighted by atomic mass is 9.61. The monoisotopic (exact) mass is 328 g/mol. The van der Waals surface area contributed by atoms with Crippen LogP contribution in [0.1, 0.15) is 67.7 Å². The minimum atomic E-state index is -0.562. The molecule has 3 N–H and O–H groups in total. The zero-order valence-corrected chi connectivity index (χ0v) is 16.0. The molecule has 0 aliphatic rings. The predicted octanol–water partition coefficient (Wildman–Crippen LogP) is 2.48. The average Bonchev–Trinajstić information content (AvgIpc) is 2.43. The summed E-state index contributed by atoms with van der Waals surface area (Å²) in [4.78, 5) is 24.4. The lowest BCUT2D eigenvalue weighted by Crippen LogP contribution is -2.49. The largest absolute Gasteiger partial charge is 0.392 e. The van der Waals surface area contributed by atoms with Crippen LogP contribution in [-0.4, -0.2) is 36.1 Å². The molecule has 0 aromatic carbocycles. The van der Waals surface area contributed by atoms with Crippen LogP contribution in [0.25, 0.3) is 0 Å².